The molecule has 1 aliphatic carbocycles. The van der Waals surface area contributed by atoms with E-state index in [-0.39, 0.29) is 17.9 Å². The van der Waals surface area contributed by atoms with Crippen LogP contribution in [0.2, 0.25) is 0 Å². The molecule has 0 aromatic carbocycles. The number of nitrogens with one attached hydrogen (secondary N) is 2. The predicted molar refractivity (Wildman–Crippen MR) is 144 cm³/mol. The van der Waals surface area contributed by atoms with Gasteiger partial charge in [0.25, 0.3) is 5.56 Å². The summed E-state index contributed by atoms with van der Waals surface area (Å²) in [6, 6.07) is 3.27. The Balaban J connectivity index is 1.64. The van der Waals surface area contributed by atoms with Crippen LogP contribution in [-0.2, 0) is 13.0 Å². The Kier molecular flexibility index (Phi) is 9.51. The number of aromatic amines is 1. The number of ketones is 1. The molecule has 2 aromatic heterocycles. The number of aryl methyl sites for hydroxylation is 2. The number of rotatable bonds is 11. The molecule has 0 bridgehead atoms. The third kappa shape index (κ3) is 6.18. The van der Waals surface area contributed by atoms with Crippen LogP contribution in [0, 0.1) is 13.8 Å². The Morgan fingerprint density at radius 2 is 1.82 bits per heavy atom. The second-order valence-electron chi connectivity index (χ2n) is 9.85. The third-order valence-corrected chi connectivity index (χ3v) is 8.34. The van der Waals surface area contributed by atoms with Gasteiger partial charge in [0.05, 0.1) is 11.5 Å². The highest BCUT2D eigenvalue weighted by molar-refractivity contribution is 7.14. The van der Waals surface area contributed by atoms with Crippen LogP contribution in [0.1, 0.15) is 78.7 Å². The number of nitrogens with zero attached hydrogens (tertiary/aromatic N) is 2. The van der Waals surface area contributed by atoms with Crippen molar-refractivity contribution >= 4 is 22.1 Å². The van der Waals surface area contributed by atoms with E-state index in [2.05, 4.69) is 55.0 Å². The summed E-state index contributed by atoms with van der Waals surface area (Å²) in [5.41, 5.74) is 4.53. The second-order valence-corrected chi connectivity index (χ2v) is 10.7. The fourth-order valence-electron chi connectivity index (χ4n) is 5.29. The summed E-state index contributed by atoms with van der Waals surface area (Å²) in [6.45, 7) is 9.91. The van der Waals surface area contributed by atoms with Gasteiger partial charge in [0.15, 0.2) is 5.78 Å². The van der Waals surface area contributed by atoms with E-state index in [1.54, 1.807) is 11.3 Å². The molecule has 7 heteroatoms. The zero-order valence-corrected chi connectivity index (χ0v) is 22.6. The van der Waals surface area contributed by atoms with Gasteiger partial charge in [-0.3, -0.25) is 9.59 Å². The van der Waals surface area contributed by atoms with Gasteiger partial charge in [0.1, 0.15) is 0 Å². The van der Waals surface area contributed by atoms with Gasteiger partial charge in [-0.25, -0.2) is 0 Å². The smallest absolute Gasteiger partial charge is 0.252 e. The van der Waals surface area contributed by atoms with Crippen molar-refractivity contribution in [3.8, 4) is 0 Å². The predicted octanol–water partition coefficient (Wildman–Crippen LogP) is 4.68. The van der Waals surface area contributed by atoms with Gasteiger partial charge in [-0.05, 0) is 84.2 Å². The fraction of sp³-hybridized carbons (Fsp3) is 0.630. The molecule has 0 radical (unpaired) electrons. The number of carbonyl (C=O) groups excluding carboxylic acids is 1. The molecule has 6 nitrogen and oxygen atoms in total. The van der Waals surface area contributed by atoms with Gasteiger partial charge in [0.2, 0.25) is 0 Å². The Labute approximate surface area is 208 Å². The van der Waals surface area contributed by atoms with Crippen molar-refractivity contribution in [1.29, 1.82) is 0 Å². The highest BCUT2D eigenvalue weighted by Crippen LogP contribution is 2.36. The monoisotopic (exact) mass is 486 g/mol. The maximum absolute atomic E-state index is 13.1. The summed E-state index contributed by atoms with van der Waals surface area (Å²) in [7, 11) is 4.36. The molecule has 0 atom stereocenters. The lowest BCUT2D eigenvalue weighted by atomic mass is 9.89. The van der Waals surface area contributed by atoms with Crippen molar-refractivity contribution in [3.05, 3.63) is 49.7 Å². The number of carbonyl (C=O) groups is 1. The Hall–Kier alpha value is -1.96. The molecule has 2 heterocycles. The van der Waals surface area contributed by atoms with Crippen molar-refractivity contribution in [2.75, 3.05) is 32.1 Å². The normalized spacial score (nSPS) is 18.4. The first kappa shape index (κ1) is 26.6. The van der Waals surface area contributed by atoms with Gasteiger partial charge in [0, 0.05) is 47.4 Å². The zero-order chi connectivity index (χ0) is 24.8. The van der Waals surface area contributed by atoms with Gasteiger partial charge in [-0.1, -0.05) is 13.3 Å². The third-order valence-electron chi connectivity index (χ3n) is 7.22. The number of hydrogen-bond donors (Lipinski definition) is 2. The number of thiophene rings is 1. The summed E-state index contributed by atoms with van der Waals surface area (Å²) in [4.78, 5) is 33.3. The van der Waals surface area contributed by atoms with Crippen molar-refractivity contribution in [2.45, 2.75) is 84.8 Å². The zero-order valence-electron chi connectivity index (χ0n) is 21.8. The first-order valence-corrected chi connectivity index (χ1v) is 13.6. The first-order valence-electron chi connectivity index (χ1n) is 12.7. The molecule has 0 spiro atoms. The van der Waals surface area contributed by atoms with Gasteiger partial charge >= 0.3 is 0 Å². The molecule has 2 N–H and O–H groups in total. The molecule has 0 unspecified atom stereocenters. The van der Waals surface area contributed by atoms with Crippen LogP contribution in [0.5, 0.6) is 0 Å². The summed E-state index contributed by atoms with van der Waals surface area (Å²) in [5.74, 6) is 0.0907. The van der Waals surface area contributed by atoms with Crippen LogP contribution in [0.25, 0.3) is 0 Å². The van der Waals surface area contributed by atoms with Gasteiger partial charge in [-0.2, -0.15) is 0 Å². The van der Waals surface area contributed by atoms with Crippen LogP contribution in [0.4, 0.5) is 5.00 Å². The summed E-state index contributed by atoms with van der Waals surface area (Å²) in [6.07, 6.45) is 6.70. The van der Waals surface area contributed by atoms with Crippen LogP contribution in [-0.4, -0.2) is 54.9 Å². The maximum Gasteiger partial charge on any atom is 0.252 e. The second kappa shape index (κ2) is 12.1. The van der Waals surface area contributed by atoms with Gasteiger partial charge < -0.3 is 20.1 Å². The molecule has 0 amide bonds. The van der Waals surface area contributed by atoms with Crippen LogP contribution >= 0.6 is 11.3 Å². The molecular weight excluding hydrogens is 444 g/mol. The summed E-state index contributed by atoms with van der Waals surface area (Å²) >= 11 is 1.69. The molecule has 0 saturated heterocycles. The quantitative estimate of drug-likeness (QED) is 0.452. The fourth-order valence-corrected chi connectivity index (χ4v) is 6.52. The minimum absolute atomic E-state index is 0.0556. The number of hydrogen-bond acceptors (Lipinski definition) is 6. The topological polar surface area (TPSA) is 68.4 Å². The van der Waals surface area contributed by atoms with E-state index in [1.807, 2.05) is 18.4 Å². The molecule has 188 valence electrons. The first-order chi connectivity index (χ1) is 16.3. The standard InChI is InChI=1S/C27H42N4O2S/c1-7-9-20-14-18(3)29-26(33)23(20)15-28-16-25(32)24-17-34-27(19(24)4)31(8-2)22-12-10-21(11-13-22)30(5)6/h14,17,21-22,28H,7-13,15-16H2,1-6H3,(H,29,33). The van der Waals surface area contributed by atoms with Crippen molar-refractivity contribution in [1.82, 2.24) is 15.2 Å². The summed E-state index contributed by atoms with van der Waals surface area (Å²) in [5, 5.41) is 6.49. The number of anilines is 1. The molecule has 0 aliphatic heterocycles. The SMILES string of the molecule is CCCc1cc(C)[nH]c(=O)c1CNCC(=O)c1csc(N(CC)C2CCC(N(C)C)CC2)c1C. The van der Waals surface area contributed by atoms with Gasteiger partial charge in [-0.15, -0.1) is 11.3 Å². The average Bonchev–Trinajstić information content (AvgIpc) is 3.17. The highest BCUT2D eigenvalue weighted by atomic mass is 32.1. The van der Waals surface area contributed by atoms with E-state index in [0.29, 0.717) is 18.6 Å². The Morgan fingerprint density at radius 3 is 2.44 bits per heavy atom. The number of pyridine rings is 1. The Morgan fingerprint density at radius 1 is 1.15 bits per heavy atom. The van der Waals surface area contributed by atoms with Crippen LogP contribution in [0.3, 0.4) is 0 Å². The van der Waals surface area contributed by atoms with E-state index in [1.165, 1.54) is 30.7 Å². The van der Waals surface area contributed by atoms with Crippen LogP contribution in [0.15, 0.2) is 16.2 Å². The lowest BCUT2D eigenvalue weighted by Crippen LogP contribution is -2.42. The molecule has 1 aliphatic rings. The van der Waals surface area contributed by atoms with Crippen molar-refractivity contribution in [3.63, 3.8) is 0 Å². The van der Waals surface area contributed by atoms with E-state index in [4.69, 9.17) is 0 Å². The minimum Gasteiger partial charge on any atom is -0.361 e. The maximum atomic E-state index is 13.1. The molecule has 3 rings (SSSR count). The highest BCUT2D eigenvalue weighted by Gasteiger charge is 2.28. The summed E-state index contributed by atoms with van der Waals surface area (Å²) < 4.78 is 0. The van der Waals surface area contributed by atoms with E-state index in [9.17, 15) is 9.59 Å². The lowest BCUT2D eigenvalue weighted by molar-refractivity contribution is 0.0990. The van der Waals surface area contributed by atoms with E-state index in [0.717, 1.165) is 47.3 Å². The van der Waals surface area contributed by atoms with E-state index < -0.39 is 0 Å². The molecule has 1 saturated carbocycles. The van der Waals surface area contributed by atoms with Crippen LogP contribution < -0.4 is 15.8 Å². The number of aromatic nitrogens is 1. The number of Topliss-reactive ketones (excluding diaryl/α,β-unsaturated/α-hetero) is 1. The minimum atomic E-state index is -0.0556. The molecule has 1 fully saturated rings. The van der Waals surface area contributed by atoms with E-state index >= 15 is 0 Å². The molecule has 2 aromatic rings. The van der Waals surface area contributed by atoms with Crippen molar-refractivity contribution in [2.24, 2.45) is 0 Å². The molecular formula is C27H42N4O2S. The molecule has 34 heavy (non-hydrogen) atoms. The number of H-pyrrole nitrogens is 1. The lowest BCUT2D eigenvalue weighted by Gasteiger charge is -2.39. The average molecular weight is 487 g/mol. The largest absolute Gasteiger partial charge is 0.361 e. The Bertz CT molecular complexity index is 1020. The van der Waals surface area contributed by atoms with Crippen molar-refractivity contribution < 1.29 is 4.79 Å².